The molecule has 0 saturated heterocycles. The van der Waals surface area contributed by atoms with Crippen molar-refractivity contribution in [2.45, 2.75) is 78.4 Å². The zero-order chi connectivity index (χ0) is 22.6. The number of hydrogen-bond acceptors (Lipinski definition) is 6. The van der Waals surface area contributed by atoms with Gasteiger partial charge in [-0.15, -0.1) is 0 Å². The summed E-state index contributed by atoms with van der Waals surface area (Å²) in [6.45, 7) is 9.12. The number of aromatic nitrogens is 2. The van der Waals surface area contributed by atoms with Crippen LogP contribution in [0.25, 0.3) is 11.1 Å². The Hall–Kier alpha value is -2.90. The van der Waals surface area contributed by atoms with E-state index in [1.807, 2.05) is 19.9 Å². The second-order valence-electron chi connectivity index (χ2n) is 9.14. The van der Waals surface area contributed by atoms with Crippen molar-refractivity contribution in [3.8, 4) is 11.1 Å². The summed E-state index contributed by atoms with van der Waals surface area (Å²) in [5, 5.41) is 9.61. The Morgan fingerprint density at radius 2 is 1.87 bits per heavy atom. The van der Waals surface area contributed by atoms with Gasteiger partial charge in [-0.05, 0) is 65.5 Å². The molecule has 0 unspecified atom stereocenters. The first-order valence-corrected chi connectivity index (χ1v) is 10.8. The molecule has 8 nitrogen and oxygen atoms in total. The van der Waals surface area contributed by atoms with Crippen LogP contribution < -0.4 is 10.6 Å². The molecule has 1 fully saturated rings. The van der Waals surface area contributed by atoms with Crippen LogP contribution in [0.5, 0.6) is 0 Å². The summed E-state index contributed by atoms with van der Waals surface area (Å²) in [5.74, 6) is 0.931. The Labute approximate surface area is 183 Å². The molecule has 1 aliphatic carbocycles. The molecule has 0 radical (unpaired) electrons. The maximum absolute atomic E-state index is 13.1. The average Bonchev–Trinajstić information content (AvgIpc) is 3.04. The van der Waals surface area contributed by atoms with Crippen LogP contribution in [0.3, 0.4) is 0 Å². The van der Waals surface area contributed by atoms with Gasteiger partial charge >= 0.3 is 6.09 Å². The number of carbonyl (C=O) groups excluding carboxylic acids is 2. The third-order valence-corrected chi connectivity index (χ3v) is 5.41. The Bertz CT molecular complexity index is 889. The molecule has 2 amide bonds. The van der Waals surface area contributed by atoms with Crippen molar-refractivity contribution >= 4 is 17.8 Å². The Balaban J connectivity index is 1.72. The van der Waals surface area contributed by atoms with Crippen molar-refractivity contribution in [1.29, 1.82) is 0 Å². The summed E-state index contributed by atoms with van der Waals surface area (Å²) in [4.78, 5) is 29.8. The molecular weight excluding hydrogens is 396 g/mol. The van der Waals surface area contributed by atoms with E-state index in [-0.39, 0.29) is 11.8 Å². The molecule has 0 bridgehead atoms. The van der Waals surface area contributed by atoms with Gasteiger partial charge in [-0.2, -0.15) is 0 Å². The number of hydrogen-bond donors (Lipinski definition) is 2. The predicted octanol–water partition coefficient (Wildman–Crippen LogP) is 4.77. The maximum atomic E-state index is 13.1. The molecule has 0 spiro atoms. The van der Waals surface area contributed by atoms with Gasteiger partial charge < -0.3 is 19.9 Å². The van der Waals surface area contributed by atoms with Crippen molar-refractivity contribution in [3.05, 3.63) is 29.8 Å². The van der Waals surface area contributed by atoms with Crippen LogP contribution in [-0.2, 0) is 9.53 Å². The zero-order valence-electron chi connectivity index (χ0n) is 18.9. The predicted molar refractivity (Wildman–Crippen MR) is 118 cm³/mol. The lowest BCUT2D eigenvalue weighted by Gasteiger charge is -2.30. The summed E-state index contributed by atoms with van der Waals surface area (Å²) < 4.78 is 10.6. The fraction of sp³-hybridized carbons (Fsp3) is 0.565. The van der Waals surface area contributed by atoms with Crippen LogP contribution in [0.1, 0.15) is 64.3 Å². The summed E-state index contributed by atoms with van der Waals surface area (Å²) in [7, 11) is 0. The van der Waals surface area contributed by atoms with E-state index in [0.29, 0.717) is 5.82 Å². The molecule has 2 N–H and O–H groups in total. The highest BCUT2D eigenvalue weighted by molar-refractivity contribution is 5.96. The fourth-order valence-electron chi connectivity index (χ4n) is 4.01. The van der Waals surface area contributed by atoms with Crippen molar-refractivity contribution in [3.63, 3.8) is 0 Å². The first-order valence-electron chi connectivity index (χ1n) is 10.8. The van der Waals surface area contributed by atoms with E-state index in [1.54, 1.807) is 33.0 Å². The first kappa shape index (κ1) is 22.8. The summed E-state index contributed by atoms with van der Waals surface area (Å²) >= 11 is 0. The summed E-state index contributed by atoms with van der Waals surface area (Å²) in [6.07, 6.45) is 6.14. The number of nitrogens with zero attached hydrogens (tertiary/aromatic N) is 2. The number of rotatable bonds is 5. The lowest BCUT2D eigenvalue weighted by atomic mass is 9.83. The highest BCUT2D eigenvalue weighted by Gasteiger charge is 2.32. The molecule has 1 saturated carbocycles. The standard InChI is InChI=1S/C23H32N4O4/c1-14-19(15(2)31-27-14)17-11-12-18(24-13-17)25-21(28)20(16-9-7-6-8-10-16)26-22(29)30-23(3,4)5/h11-13,16,20H,6-10H2,1-5H3,(H,26,29)(H,24,25,28)/t20-/m0/s1. The van der Waals surface area contributed by atoms with Gasteiger partial charge in [0.05, 0.1) is 5.69 Å². The minimum Gasteiger partial charge on any atom is -0.444 e. The van der Waals surface area contributed by atoms with E-state index in [4.69, 9.17) is 9.26 Å². The van der Waals surface area contributed by atoms with Gasteiger partial charge in [0.25, 0.3) is 0 Å². The second-order valence-corrected chi connectivity index (χ2v) is 9.14. The fourth-order valence-corrected chi connectivity index (χ4v) is 4.01. The normalized spacial score (nSPS) is 15.9. The molecule has 0 aliphatic heterocycles. The molecule has 168 valence electrons. The van der Waals surface area contributed by atoms with Crippen LogP contribution in [-0.4, -0.2) is 33.8 Å². The third-order valence-electron chi connectivity index (χ3n) is 5.41. The molecule has 2 aromatic heterocycles. The highest BCUT2D eigenvalue weighted by Crippen LogP contribution is 2.29. The summed E-state index contributed by atoms with van der Waals surface area (Å²) in [5.41, 5.74) is 1.92. The molecule has 1 atom stereocenters. The number of ether oxygens (including phenoxy) is 1. The molecule has 0 aromatic carbocycles. The molecular formula is C23H32N4O4. The number of amides is 2. The van der Waals surface area contributed by atoms with Gasteiger partial charge in [-0.1, -0.05) is 24.4 Å². The highest BCUT2D eigenvalue weighted by atomic mass is 16.6. The third kappa shape index (κ3) is 6.06. The van der Waals surface area contributed by atoms with Gasteiger partial charge in [0.2, 0.25) is 5.91 Å². The quantitative estimate of drug-likeness (QED) is 0.711. The Morgan fingerprint density at radius 3 is 2.42 bits per heavy atom. The number of alkyl carbamates (subject to hydrolysis) is 1. The van der Waals surface area contributed by atoms with Crippen LogP contribution in [0.15, 0.2) is 22.9 Å². The van der Waals surface area contributed by atoms with E-state index in [1.165, 1.54) is 0 Å². The van der Waals surface area contributed by atoms with E-state index in [0.717, 1.165) is 54.7 Å². The molecule has 8 heteroatoms. The van der Waals surface area contributed by atoms with Crippen LogP contribution in [0.4, 0.5) is 10.6 Å². The molecule has 3 rings (SSSR count). The number of nitrogens with one attached hydrogen (secondary N) is 2. The van der Waals surface area contributed by atoms with Crippen LogP contribution >= 0.6 is 0 Å². The van der Waals surface area contributed by atoms with Gasteiger partial charge in [0.15, 0.2) is 0 Å². The van der Waals surface area contributed by atoms with Crippen molar-refractivity contribution in [2.75, 3.05) is 5.32 Å². The second kappa shape index (κ2) is 9.49. The van der Waals surface area contributed by atoms with E-state index in [2.05, 4.69) is 20.8 Å². The lowest BCUT2D eigenvalue weighted by Crippen LogP contribution is -2.50. The van der Waals surface area contributed by atoms with Crippen LogP contribution in [0, 0.1) is 19.8 Å². The molecule has 2 heterocycles. The number of anilines is 1. The minimum atomic E-state index is -0.667. The largest absolute Gasteiger partial charge is 0.444 e. The van der Waals surface area contributed by atoms with E-state index < -0.39 is 17.7 Å². The van der Waals surface area contributed by atoms with Gasteiger partial charge in [-0.3, -0.25) is 4.79 Å². The average molecular weight is 429 g/mol. The van der Waals surface area contributed by atoms with Crippen molar-refractivity contribution in [1.82, 2.24) is 15.5 Å². The number of aryl methyl sites for hydroxylation is 2. The minimum absolute atomic E-state index is 0.0721. The number of carbonyl (C=O) groups is 2. The lowest BCUT2D eigenvalue weighted by molar-refractivity contribution is -0.119. The number of pyridine rings is 1. The SMILES string of the molecule is Cc1noc(C)c1-c1ccc(NC(=O)[C@@H](NC(=O)OC(C)(C)C)C2CCCCC2)nc1. The Morgan fingerprint density at radius 1 is 1.16 bits per heavy atom. The van der Waals surface area contributed by atoms with Gasteiger partial charge in [0.1, 0.15) is 23.2 Å². The molecule has 2 aromatic rings. The first-order chi connectivity index (χ1) is 14.6. The molecule has 31 heavy (non-hydrogen) atoms. The van der Waals surface area contributed by atoms with Gasteiger partial charge in [-0.25, -0.2) is 9.78 Å². The Kier molecular flexibility index (Phi) is 6.97. The topological polar surface area (TPSA) is 106 Å². The van der Waals surface area contributed by atoms with Gasteiger partial charge in [0, 0.05) is 17.3 Å². The van der Waals surface area contributed by atoms with E-state index >= 15 is 0 Å². The zero-order valence-corrected chi connectivity index (χ0v) is 18.9. The van der Waals surface area contributed by atoms with Crippen molar-refractivity contribution < 1.29 is 18.8 Å². The van der Waals surface area contributed by atoms with E-state index in [9.17, 15) is 9.59 Å². The van der Waals surface area contributed by atoms with Crippen molar-refractivity contribution in [2.24, 2.45) is 5.92 Å². The smallest absolute Gasteiger partial charge is 0.408 e. The van der Waals surface area contributed by atoms with Crippen LogP contribution in [0.2, 0.25) is 0 Å². The molecule has 1 aliphatic rings. The summed E-state index contributed by atoms with van der Waals surface area (Å²) in [6, 6.07) is 2.94. The monoisotopic (exact) mass is 428 g/mol. The maximum Gasteiger partial charge on any atom is 0.408 e.